The van der Waals surface area contributed by atoms with Gasteiger partial charge >= 0.3 is 5.97 Å². The minimum atomic E-state index is -1.37. The first-order valence-electron chi connectivity index (χ1n) is 16.1. The van der Waals surface area contributed by atoms with Crippen molar-refractivity contribution < 1.29 is 33.7 Å². The second kappa shape index (κ2) is 13.7. The Kier molecular flexibility index (Phi) is 11.5. The number of ether oxygens (including phenoxy) is 3. The van der Waals surface area contributed by atoms with E-state index in [0.717, 1.165) is 6.42 Å². The number of nitrogens with zero attached hydrogens (tertiary/aromatic N) is 2. The molecule has 2 aliphatic heterocycles. The van der Waals surface area contributed by atoms with Gasteiger partial charge in [-0.1, -0.05) is 27.7 Å². The highest BCUT2D eigenvalue weighted by atomic mass is 16.7. The molecule has 9 heteroatoms. The Morgan fingerprint density at radius 3 is 2.31 bits per heavy atom. The zero-order valence-electron chi connectivity index (χ0n) is 28.0. The van der Waals surface area contributed by atoms with Gasteiger partial charge in [0.2, 0.25) is 0 Å². The molecule has 0 aromatic heterocycles. The molecule has 0 aromatic carbocycles. The maximum absolute atomic E-state index is 13.9. The van der Waals surface area contributed by atoms with Crippen LogP contribution in [0.25, 0.3) is 0 Å². The Bertz CT molecular complexity index is 970. The molecule has 1 saturated carbocycles. The second-order valence-electron chi connectivity index (χ2n) is 14.6. The number of carbonyl (C=O) groups is 3. The molecule has 1 N–H and O–H groups in total. The van der Waals surface area contributed by atoms with Gasteiger partial charge in [-0.15, -0.1) is 0 Å². The molecule has 3 rings (SSSR count). The molecule has 9 nitrogen and oxygen atoms in total. The molecular formula is C33H58N2O7. The highest BCUT2D eigenvalue weighted by molar-refractivity contribution is 6.00. The average molecular weight is 595 g/mol. The number of hydrogen-bond donors (Lipinski definition) is 1. The van der Waals surface area contributed by atoms with Crippen LogP contribution in [0.15, 0.2) is 0 Å². The van der Waals surface area contributed by atoms with Gasteiger partial charge in [0.25, 0.3) is 0 Å². The average Bonchev–Trinajstić information content (AvgIpc) is 3.21. The lowest BCUT2D eigenvalue weighted by Gasteiger charge is -2.44. The number of cyclic esters (lactones) is 1. The SMILES string of the molecule is CCC1OC(=O)C(C)C(=O)C(C)C(OC2CC(N(C)C)CC(C)O2)C(C)(O)CC(C)CN(C)C(C)C2CC(=O)CC12C. The summed E-state index contributed by atoms with van der Waals surface area (Å²) >= 11 is 0. The summed E-state index contributed by atoms with van der Waals surface area (Å²) in [5.74, 6) is -2.50. The minimum Gasteiger partial charge on any atom is -0.461 e. The highest BCUT2D eigenvalue weighted by Crippen LogP contribution is 2.49. The van der Waals surface area contributed by atoms with Gasteiger partial charge in [-0.3, -0.25) is 14.4 Å². The fourth-order valence-corrected chi connectivity index (χ4v) is 8.17. The van der Waals surface area contributed by atoms with E-state index in [4.69, 9.17) is 14.2 Å². The van der Waals surface area contributed by atoms with Crippen LogP contribution in [-0.2, 0) is 28.6 Å². The quantitative estimate of drug-likeness (QED) is 0.381. The van der Waals surface area contributed by atoms with Crippen LogP contribution in [-0.4, -0.2) is 102 Å². The molecule has 0 bridgehead atoms. The van der Waals surface area contributed by atoms with Gasteiger partial charge in [0.15, 0.2) is 12.1 Å². The minimum absolute atomic E-state index is 0.00156. The van der Waals surface area contributed by atoms with Crippen molar-refractivity contribution in [3.8, 4) is 0 Å². The summed E-state index contributed by atoms with van der Waals surface area (Å²) < 4.78 is 18.8. The number of carbonyl (C=O) groups excluding carboxylic acids is 3. The molecule has 3 fully saturated rings. The van der Waals surface area contributed by atoms with Crippen molar-refractivity contribution in [2.75, 3.05) is 27.7 Å². The molecule has 12 atom stereocenters. The number of esters is 1. The van der Waals surface area contributed by atoms with Crippen molar-refractivity contribution in [3.63, 3.8) is 0 Å². The number of hydrogen-bond acceptors (Lipinski definition) is 9. The summed E-state index contributed by atoms with van der Waals surface area (Å²) in [4.78, 5) is 44.7. The molecule has 1 aliphatic carbocycles. The predicted molar refractivity (Wildman–Crippen MR) is 162 cm³/mol. The predicted octanol–water partition coefficient (Wildman–Crippen LogP) is 4.09. The molecule has 0 radical (unpaired) electrons. The van der Waals surface area contributed by atoms with E-state index >= 15 is 0 Å². The Morgan fingerprint density at radius 2 is 1.71 bits per heavy atom. The zero-order chi connectivity index (χ0) is 31.7. The zero-order valence-corrected chi connectivity index (χ0v) is 28.0. The van der Waals surface area contributed by atoms with Crippen molar-refractivity contribution in [1.82, 2.24) is 9.80 Å². The number of fused-ring (bicyclic) bond motifs is 1. The number of ketones is 2. The number of Topliss-reactive ketones (excluding diaryl/α,β-unsaturated/α-hetero) is 2. The summed E-state index contributed by atoms with van der Waals surface area (Å²) in [6, 6.07) is 0.301. The lowest BCUT2D eigenvalue weighted by molar-refractivity contribution is -0.259. The molecule has 3 aliphatic rings. The Hall–Kier alpha value is -1.39. The lowest BCUT2D eigenvalue weighted by Crippen LogP contribution is -2.54. The number of rotatable bonds is 4. The van der Waals surface area contributed by atoms with E-state index in [2.05, 4.69) is 37.6 Å². The Labute approximate surface area is 254 Å². The van der Waals surface area contributed by atoms with Crippen LogP contribution < -0.4 is 0 Å². The molecule has 0 amide bonds. The molecule has 0 aromatic rings. The standard InChI is InChI=1S/C33H58N2O7/c1-12-27-32(7)17-25(36)15-26(32)23(6)35(11)18-19(2)16-33(8,39)30(21(4)29(37)22(5)31(38)41-27)42-28-14-24(34(9)10)13-20(3)40-28/h19-24,26-28,30,39H,12-18H2,1-11H3. The molecule has 2 saturated heterocycles. The van der Waals surface area contributed by atoms with E-state index in [1.165, 1.54) is 0 Å². The van der Waals surface area contributed by atoms with E-state index < -0.39 is 47.3 Å². The van der Waals surface area contributed by atoms with Crippen LogP contribution in [0.4, 0.5) is 0 Å². The lowest BCUT2D eigenvalue weighted by atomic mass is 9.70. The third-order valence-corrected chi connectivity index (χ3v) is 10.7. The molecule has 242 valence electrons. The van der Waals surface area contributed by atoms with Crippen LogP contribution in [0.1, 0.15) is 93.9 Å². The monoisotopic (exact) mass is 594 g/mol. The fourth-order valence-electron chi connectivity index (χ4n) is 8.17. The number of aliphatic hydroxyl groups is 1. The van der Waals surface area contributed by atoms with Crippen LogP contribution in [0.3, 0.4) is 0 Å². The van der Waals surface area contributed by atoms with E-state index in [1.807, 2.05) is 27.9 Å². The van der Waals surface area contributed by atoms with Gasteiger partial charge in [0.05, 0.1) is 17.8 Å². The third-order valence-electron chi connectivity index (χ3n) is 10.7. The third kappa shape index (κ3) is 7.63. The first-order chi connectivity index (χ1) is 19.4. The van der Waals surface area contributed by atoms with Crippen molar-refractivity contribution in [1.29, 1.82) is 0 Å². The Balaban J connectivity index is 1.99. The van der Waals surface area contributed by atoms with Gasteiger partial charge in [-0.25, -0.2) is 0 Å². The summed E-state index contributed by atoms with van der Waals surface area (Å²) in [6.07, 6.45) is 1.25. The van der Waals surface area contributed by atoms with E-state index in [1.54, 1.807) is 20.8 Å². The molecule has 0 spiro atoms. The summed E-state index contributed by atoms with van der Waals surface area (Å²) in [5, 5.41) is 12.0. The van der Waals surface area contributed by atoms with Crippen molar-refractivity contribution in [3.05, 3.63) is 0 Å². The van der Waals surface area contributed by atoms with E-state index in [9.17, 15) is 19.5 Å². The van der Waals surface area contributed by atoms with Gasteiger partial charge in [0.1, 0.15) is 17.8 Å². The summed E-state index contributed by atoms with van der Waals surface area (Å²) in [7, 11) is 6.13. The fraction of sp³-hybridized carbons (Fsp3) is 0.909. The van der Waals surface area contributed by atoms with Crippen molar-refractivity contribution >= 4 is 17.5 Å². The largest absolute Gasteiger partial charge is 0.461 e. The smallest absolute Gasteiger partial charge is 0.316 e. The Morgan fingerprint density at radius 1 is 1.07 bits per heavy atom. The normalized spacial score (nSPS) is 45.3. The van der Waals surface area contributed by atoms with Gasteiger partial charge < -0.3 is 29.1 Å². The summed E-state index contributed by atoms with van der Waals surface area (Å²) in [6.45, 7) is 16.0. The molecule has 42 heavy (non-hydrogen) atoms. The van der Waals surface area contributed by atoms with Crippen LogP contribution in [0.2, 0.25) is 0 Å². The van der Waals surface area contributed by atoms with E-state index in [0.29, 0.717) is 38.6 Å². The highest BCUT2D eigenvalue weighted by Gasteiger charge is 2.53. The first-order valence-corrected chi connectivity index (χ1v) is 16.1. The van der Waals surface area contributed by atoms with Crippen molar-refractivity contribution in [2.24, 2.45) is 29.1 Å². The summed E-state index contributed by atoms with van der Waals surface area (Å²) in [5.41, 5.74) is -1.90. The van der Waals surface area contributed by atoms with E-state index in [-0.39, 0.29) is 41.6 Å². The molecule has 2 heterocycles. The maximum atomic E-state index is 13.9. The topological polar surface area (TPSA) is 106 Å². The van der Waals surface area contributed by atoms with Crippen molar-refractivity contribution in [2.45, 2.75) is 136 Å². The van der Waals surface area contributed by atoms with Crippen LogP contribution >= 0.6 is 0 Å². The van der Waals surface area contributed by atoms with Crippen LogP contribution in [0, 0.1) is 29.1 Å². The van der Waals surface area contributed by atoms with Gasteiger partial charge in [0, 0.05) is 49.2 Å². The molecular weight excluding hydrogens is 536 g/mol. The maximum Gasteiger partial charge on any atom is 0.316 e. The van der Waals surface area contributed by atoms with Gasteiger partial charge in [-0.05, 0) is 79.9 Å². The second-order valence-corrected chi connectivity index (χ2v) is 14.6. The first kappa shape index (κ1) is 35.1. The molecule has 12 unspecified atom stereocenters. The van der Waals surface area contributed by atoms with Crippen LogP contribution in [0.5, 0.6) is 0 Å². The van der Waals surface area contributed by atoms with Gasteiger partial charge in [-0.2, -0.15) is 0 Å².